The molecule has 0 aliphatic carbocycles. The van der Waals surface area contributed by atoms with Crippen molar-refractivity contribution in [3.63, 3.8) is 0 Å². The predicted octanol–water partition coefficient (Wildman–Crippen LogP) is 11.7. The lowest BCUT2D eigenvalue weighted by Crippen LogP contribution is -2.37. The molecule has 16 nitrogen and oxygen atoms in total. The molecule has 8 aromatic carbocycles. The number of aliphatic hydroxyl groups is 2. The maximum absolute atomic E-state index is 11.3. The summed E-state index contributed by atoms with van der Waals surface area (Å²) in [5.74, 6) is 0.254. The fraction of sp³-hybridized carbons (Fsp3) is 0.229. The van der Waals surface area contributed by atoms with Gasteiger partial charge in [-0.05, 0) is 120 Å². The first-order valence-corrected chi connectivity index (χ1v) is 28.1. The molecule has 6 N–H and O–H groups in total. The zero-order valence-corrected chi connectivity index (χ0v) is 48.9. The van der Waals surface area contributed by atoms with Gasteiger partial charge in [0.25, 0.3) is 0 Å². The minimum absolute atomic E-state index is 0.161. The third kappa shape index (κ3) is 22.5. The van der Waals surface area contributed by atoms with E-state index in [9.17, 15) is 29.4 Å². The van der Waals surface area contributed by atoms with Gasteiger partial charge in [0.15, 0.2) is 0 Å². The molecule has 0 unspecified atom stereocenters. The van der Waals surface area contributed by atoms with Crippen LogP contribution in [-0.2, 0) is 58.3 Å². The van der Waals surface area contributed by atoms with Crippen LogP contribution in [-0.4, -0.2) is 94.4 Å². The van der Waals surface area contributed by atoms with Crippen LogP contribution in [0.25, 0.3) is 0 Å². The molecular formula is C70H76N4O12. The number of carbonyl (C=O) groups is 4. The fourth-order valence-electron chi connectivity index (χ4n) is 9.28. The van der Waals surface area contributed by atoms with Crippen LogP contribution < -0.4 is 29.6 Å². The second-order valence-corrected chi connectivity index (χ2v) is 20.3. The summed E-state index contributed by atoms with van der Waals surface area (Å²) in [6.07, 6.45) is 2.50. The number of rotatable bonds is 30. The molecule has 0 aromatic heterocycles. The van der Waals surface area contributed by atoms with Crippen LogP contribution in [0.15, 0.2) is 218 Å². The van der Waals surface area contributed by atoms with E-state index in [0.717, 1.165) is 35.5 Å². The van der Waals surface area contributed by atoms with Crippen molar-refractivity contribution in [1.29, 1.82) is 0 Å². The monoisotopic (exact) mass is 1160 g/mol. The number of carboxylic acid groups (broad SMARTS) is 2. The predicted molar refractivity (Wildman–Crippen MR) is 334 cm³/mol. The van der Waals surface area contributed by atoms with Crippen LogP contribution in [0.4, 0.5) is 11.4 Å². The number of nitrogens with one attached hydrogen (secondary N) is 2. The highest BCUT2D eigenvalue weighted by Crippen LogP contribution is 2.32. The normalized spacial score (nSPS) is 12.2. The molecule has 16 heteroatoms. The van der Waals surface area contributed by atoms with Gasteiger partial charge in [0, 0.05) is 50.4 Å². The Kier molecular flexibility index (Phi) is 27.1. The van der Waals surface area contributed by atoms with Crippen LogP contribution in [0.2, 0.25) is 0 Å². The Labute approximate surface area is 503 Å². The topological polar surface area (TPSA) is 217 Å². The van der Waals surface area contributed by atoms with Gasteiger partial charge in [-0.15, -0.1) is 0 Å². The number of benzene rings is 8. The number of ether oxygens (including phenoxy) is 4. The van der Waals surface area contributed by atoms with Crippen molar-refractivity contribution in [2.75, 3.05) is 37.9 Å². The van der Waals surface area contributed by atoms with Gasteiger partial charge in [0.05, 0.1) is 37.8 Å². The molecule has 0 saturated heterocycles. The van der Waals surface area contributed by atoms with E-state index in [0.29, 0.717) is 98.4 Å². The van der Waals surface area contributed by atoms with Crippen molar-refractivity contribution in [3.05, 3.63) is 263 Å². The van der Waals surface area contributed by atoms with Gasteiger partial charge < -0.3 is 50.0 Å². The number of carbonyl (C=O) groups excluding carboxylic acids is 2. The summed E-state index contributed by atoms with van der Waals surface area (Å²) in [6.45, 7) is 7.38. The third-order valence-corrected chi connectivity index (χ3v) is 13.9. The molecule has 0 heterocycles. The van der Waals surface area contributed by atoms with Gasteiger partial charge in [-0.2, -0.15) is 0 Å². The van der Waals surface area contributed by atoms with Crippen LogP contribution in [0, 0.1) is 0 Å². The summed E-state index contributed by atoms with van der Waals surface area (Å²) < 4.78 is 22.5. The Morgan fingerprint density at radius 3 is 1.08 bits per heavy atom. The summed E-state index contributed by atoms with van der Waals surface area (Å²) in [5.41, 5.74) is 9.29. The molecule has 0 spiro atoms. The minimum Gasteiger partial charge on any atom is -0.497 e. The highest BCUT2D eigenvalue weighted by Gasteiger charge is 2.23. The van der Waals surface area contributed by atoms with Gasteiger partial charge in [-0.25, -0.2) is 9.59 Å². The minimum atomic E-state index is -1.26. The third-order valence-electron chi connectivity index (χ3n) is 13.9. The lowest BCUT2D eigenvalue weighted by molar-refractivity contribution is -0.134. The van der Waals surface area contributed by atoms with Gasteiger partial charge in [-0.1, -0.05) is 158 Å². The first kappa shape index (κ1) is 65.6. The molecule has 448 valence electrons. The van der Waals surface area contributed by atoms with E-state index in [1.807, 2.05) is 133 Å². The second-order valence-electron chi connectivity index (χ2n) is 20.3. The van der Waals surface area contributed by atoms with Crippen LogP contribution >= 0.6 is 0 Å². The van der Waals surface area contributed by atoms with Crippen LogP contribution in [0.1, 0.15) is 70.6 Å². The van der Waals surface area contributed by atoms with Crippen molar-refractivity contribution in [1.82, 2.24) is 9.80 Å². The number of anilines is 2. The Bertz CT molecular complexity index is 3100. The number of nitrogens with zero attached hydrogens (tertiary/aromatic N) is 2. The van der Waals surface area contributed by atoms with Gasteiger partial charge in [-0.3, -0.25) is 19.4 Å². The Morgan fingerprint density at radius 2 is 0.779 bits per heavy atom. The summed E-state index contributed by atoms with van der Waals surface area (Å²) >= 11 is 0. The molecule has 0 fully saturated rings. The number of carboxylic acids is 2. The summed E-state index contributed by atoms with van der Waals surface area (Å²) in [5, 5.41) is 43.7. The molecule has 4 atom stereocenters. The first-order chi connectivity index (χ1) is 41.7. The van der Waals surface area contributed by atoms with E-state index in [4.69, 9.17) is 29.2 Å². The van der Waals surface area contributed by atoms with Crippen molar-refractivity contribution >= 4 is 36.1 Å². The Morgan fingerprint density at radius 1 is 0.453 bits per heavy atom. The number of aliphatic hydroxyl groups excluding tert-OH is 2. The van der Waals surface area contributed by atoms with Gasteiger partial charge in [0.1, 0.15) is 36.2 Å². The number of aliphatic carboxylic acids is 2. The van der Waals surface area contributed by atoms with Crippen LogP contribution in [0.3, 0.4) is 0 Å². The van der Waals surface area contributed by atoms with Crippen LogP contribution in [0.5, 0.6) is 23.0 Å². The number of methoxy groups -OCH3 is 2. The average molecular weight is 1170 g/mol. The van der Waals surface area contributed by atoms with E-state index in [2.05, 4.69) is 82.8 Å². The molecule has 2 amide bonds. The van der Waals surface area contributed by atoms with E-state index in [1.165, 1.54) is 22.3 Å². The molecule has 86 heavy (non-hydrogen) atoms. The molecule has 0 saturated carbocycles. The number of hydrogen-bond acceptors (Lipinski definition) is 12. The Hall–Kier alpha value is -9.58. The zero-order valence-electron chi connectivity index (χ0n) is 48.9. The lowest BCUT2D eigenvalue weighted by atomic mass is 10.0. The highest BCUT2D eigenvalue weighted by atomic mass is 16.5. The standard InChI is InChI=1S/2C33H36N2O4.C4H4O4/c2*1-25(19-26-13-16-30(38-2)17-14-26)35(21-27-9-5-3-6-10-27)22-32(37)29-15-18-33(31(20-29)34-24-36)39-23-28-11-7-4-8-12-28;5-3(6)1-2-4(7)8/h2*3-18,20,24-25,32,37H,19,21-23H2,1-2H3,(H,34,36);1-2H,(H,5,6)(H,7,8)/b;;2-1+/t2*25-,32+;/m10./s1. The summed E-state index contributed by atoms with van der Waals surface area (Å²) in [7, 11) is 3.33. The molecule has 0 bridgehead atoms. The maximum atomic E-state index is 11.3. The van der Waals surface area contributed by atoms with Crippen molar-refractivity contribution in [2.24, 2.45) is 0 Å². The van der Waals surface area contributed by atoms with Crippen molar-refractivity contribution < 1.29 is 58.6 Å². The maximum Gasteiger partial charge on any atom is 0.328 e. The molecule has 0 aliphatic rings. The largest absolute Gasteiger partial charge is 0.497 e. The molecule has 0 radical (unpaired) electrons. The first-order valence-electron chi connectivity index (χ1n) is 28.1. The lowest BCUT2D eigenvalue weighted by Gasteiger charge is -2.31. The van der Waals surface area contributed by atoms with E-state index in [-0.39, 0.29) is 12.1 Å². The average Bonchev–Trinajstić information content (AvgIpc) is 3.65. The SMILES string of the molecule is COc1ccc(C[C@@H](C)N(Cc2ccccc2)C[C@H](O)c2ccc(OCc3ccccc3)c(NC=O)c2)cc1.COc1ccc(C[C@H](C)N(Cc2ccccc2)C[C@@H](O)c2ccc(OCc3ccccc3)c(NC=O)c2)cc1.O=C(O)/C=C/C(=O)O. The van der Waals surface area contributed by atoms with Gasteiger partial charge >= 0.3 is 11.9 Å². The van der Waals surface area contributed by atoms with Gasteiger partial charge in [0.2, 0.25) is 12.8 Å². The van der Waals surface area contributed by atoms with E-state index >= 15 is 0 Å². The summed E-state index contributed by atoms with van der Waals surface area (Å²) in [4.78, 5) is 46.3. The second kappa shape index (κ2) is 35.5. The summed E-state index contributed by atoms with van der Waals surface area (Å²) in [6, 6.07) is 67.7. The molecule has 8 aromatic rings. The molecular weight excluding hydrogens is 1090 g/mol. The fourth-order valence-corrected chi connectivity index (χ4v) is 9.28. The quantitative estimate of drug-likeness (QED) is 0.0182. The zero-order chi connectivity index (χ0) is 61.5. The van der Waals surface area contributed by atoms with E-state index < -0.39 is 24.1 Å². The van der Waals surface area contributed by atoms with Crippen molar-refractivity contribution in [3.8, 4) is 23.0 Å². The Balaban J connectivity index is 0.000000244. The molecule has 8 rings (SSSR count). The smallest absolute Gasteiger partial charge is 0.328 e. The van der Waals surface area contributed by atoms with Crippen molar-refractivity contribution in [2.45, 2.75) is 77.3 Å². The number of amides is 2. The number of hydrogen-bond donors (Lipinski definition) is 6. The molecule has 0 aliphatic heterocycles. The highest BCUT2D eigenvalue weighted by molar-refractivity contribution is 5.89. The van der Waals surface area contributed by atoms with E-state index in [1.54, 1.807) is 38.5 Å².